The molecule has 3 rings (SSSR count). The Bertz CT molecular complexity index is 1220. The van der Waals surface area contributed by atoms with Crippen molar-refractivity contribution in [3.05, 3.63) is 41.0 Å². The van der Waals surface area contributed by atoms with Gasteiger partial charge < -0.3 is 25.7 Å². The van der Waals surface area contributed by atoms with Crippen molar-refractivity contribution in [3.8, 4) is 10.4 Å². The summed E-state index contributed by atoms with van der Waals surface area (Å²) in [6.45, 7) is 9.35. The van der Waals surface area contributed by atoms with Gasteiger partial charge in [-0.25, -0.2) is 4.98 Å². The number of carboxylic acid groups (broad SMARTS) is 1. The molecule has 41 heavy (non-hydrogen) atoms. The van der Waals surface area contributed by atoms with E-state index >= 15 is 0 Å². The minimum atomic E-state index is -0.894. The van der Waals surface area contributed by atoms with Gasteiger partial charge in [-0.05, 0) is 43.2 Å². The van der Waals surface area contributed by atoms with Crippen LogP contribution in [0.25, 0.3) is 10.4 Å². The van der Waals surface area contributed by atoms with Crippen molar-refractivity contribution in [3.63, 3.8) is 0 Å². The van der Waals surface area contributed by atoms with Gasteiger partial charge >= 0.3 is 5.97 Å². The van der Waals surface area contributed by atoms with Crippen LogP contribution in [0.2, 0.25) is 0 Å². The van der Waals surface area contributed by atoms with Crippen molar-refractivity contribution in [2.24, 2.45) is 5.41 Å². The molecule has 2 heterocycles. The fourth-order valence-electron chi connectivity index (χ4n) is 4.99. The molecule has 1 aliphatic rings. The van der Waals surface area contributed by atoms with Crippen LogP contribution in [0.4, 0.5) is 0 Å². The second-order valence-corrected chi connectivity index (χ2v) is 12.7. The Morgan fingerprint density at radius 3 is 2.32 bits per heavy atom. The van der Waals surface area contributed by atoms with E-state index in [1.807, 2.05) is 64.4 Å². The maximum absolute atomic E-state index is 13.7. The molecule has 10 nitrogen and oxygen atoms in total. The lowest BCUT2D eigenvalue weighted by molar-refractivity contribution is -0.144. The number of unbranched alkanes of at least 4 members (excludes halogenated alkanes) is 2. The number of hydrogen-bond donors (Lipinski definition) is 4. The van der Waals surface area contributed by atoms with Gasteiger partial charge in [0.05, 0.1) is 28.2 Å². The van der Waals surface area contributed by atoms with E-state index in [4.69, 9.17) is 5.11 Å². The fourth-order valence-corrected chi connectivity index (χ4v) is 5.80. The third-order valence-corrected chi connectivity index (χ3v) is 8.33. The molecule has 3 amide bonds. The average Bonchev–Trinajstić information content (AvgIpc) is 3.51. The summed E-state index contributed by atoms with van der Waals surface area (Å²) in [5.41, 5.74) is 4.10. The Labute approximate surface area is 245 Å². The normalized spacial score (nSPS) is 18.5. The summed E-state index contributed by atoms with van der Waals surface area (Å²) < 4.78 is 0. The number of likely N-dealkylation sites (tertiary alicyclic amines) is 1. The molecule has 1 aromatic heterocycles. The molecule has 1 saturated heterocycles. The number of thiazole rings is 1. The highest BCUT2D eigenvalue weighted by Crippen LogP contribution is 2.29. The highest BCUT2D eigenvalue weighted by Gasteiger charge is 2.44. The first-order valence-corrected chi connectivity index (χ1v) is 15.0. The summed E-state index contributed by atoms with van der Waals surface area (Å²) in [7, 11) is 0. The molecule has 0 saturated carbocycles. The maximum Gasteiger partial charge on any atom is 0.303 e. The predicted octanol–water partition coefficient (Wildman–Crippen LogP) is 3.82. The molecule has 4 atom stereocenters. The molecule has 1 aliphatic heterocycles. The van der Waals surface area contributed by atoms with Crippen LogP contribution in [0.1, 0.15) is 83.5 Å². The molecule has 0 spiro atoms. The first-order chi connectivity index (χ1) is 19.3. The third kappa shape index (κ3) is 8.84. The van der Waals surface area contributed by atoms with Gasteiger partial charge in [-0.1, -0.05) is 51.5 Å². The van der Waals surface area contributed by atoms with Gasteiger partial charge in [0.15, 0.2) is 0 Å². The summed E-state index contributed by atoms with van der Waals surface area (Å²) >= 11 is 1.57. The summed E-state index contributed by atoms with van der Waals surface area (Å²) in [5, 5.41) is 25.0. The summed E-state index contributed by atoms with van der Waals surface area (Å²) in [4.78, 5) is 57.2. The van der Waals surface area contributed by atoms with Crippen LogP contribution < -0.4 is 10.6 Å². The third-order valence-electron chi connectivity index (χ3n) is 7.35. The second-order valence-electron chi connectivity index (χ2n) is 11.8. The van der Waals surface area contributed by atoms with Gasteiger partial charge in [-0.3, -0.25) is 19.2 Å². The highest BCUT2D eigenvalue weighted by molar-refractivity contribution is 7.13. The average molecular weight is 587 g/mol. The van der Waals surface area contributed by atoms with E-state index in [2.05, 4.69) is 15.6 Å². The maximum atomic E-state index is 13.7. The lowest BCUT2D eigenvalue weighted by Crippen LogP contribution is -2.57. The number of aryl methyl sites for hydroxylation is 1. The van der Waals surface area contributed by atoms with Crippen LogP contribution in [-0.2, 0) is 19.2 Å². The number of nitrogens with one attached hydrogen (secondary N) is 2. The zero-order valence-electron chi connectivity index (χ0n) is 24.5. The van der Waals surface area contributed by atoms with Crippen LogP contribution in [0.3, 0.4) is 0 Å². The van der Waals surface area contributed by atoms with Crippen molar-refractivity contribution in [1.82, 2.24) is 20.5 Å². The number of carboxylic acids is 1. The molecule has 1 fully saturated rings. The standard InChI is InChI=1S/C30H42N4O6S/c1-18(20-11-13-21(14-12-20)26-19(2)31-17-41-26)32-28(39)23-15-22(35)16-34(23)29(40)27(30(3,4)5)33-24(36)9-7-6-8-10-25(37)38/h11-14,17-18,22-23,27,35H,6-10,15-16H2,1-5H3,(H,32,39)(H,33,36)(H,37,38)/t18-,22+,23?,27?/m0/s1. The molecule has 2 aromatic rings. The van der Waals surface area contributed by atoms with Crippen LogP contribution >= 0.6 is 11.3 Å². The van der Waals surface area contributed by atoms with E-state index in [0.29, 0.717) is 19.3 Å². The molecule has 1 aromatic carbocycles. The van der Waals surface area contributed by atoms with Crippen molar-refractivity contribution in [1.29, 1.82) is 0 Å². The Hall–Kier alpha value is -3.31. The molecule has 0 bridgehead atoms. The zero-order chi connectivity index (χ0) is 30.3. The number of benzene rings is 1. The van der Waals surface area contributed by atoms with Crippen molar-refractivity contribution >= 4 is 35.0 Å². The number of nitrogens with zero attached hydrogens (tertiary/aromatic N) is 2. The number of hydrogen-bond acceptors (Lipinski definition) is 7. The number of aliphatic carboxylic acids is 1. The van der Waals surface area contributed by atoms with E-state index in [0.717, 1.165) is 21.7 Å². The predicted molar refractivity (Wildman–Crippen MR) is 157 cm³/mol. The smallest absolute Gasteiger partial charge is 0.303 e. The fraction of sp³-hybridized carbons (Fsp3) is 0.567. The molecule has 4 N–H and O–H groups in total. The largest absolute Gasteiger partial charge is 0.481 e. The Balaban J connectivity index is 1.64. The molecule has 0 radical (unpaired) electrons. The van der Waals surface area contributed by atoms with Crippen molar-refractivity contribution in [2.75, 3.05) is 6.54 Å². The number of carbonyl (C=O) groups is 4. The van der Waals surface area contributed by atoms with E-state index in [-0.39, 0.29) is 43.7 Å². The quantitative estimate of drug-likeness (QED) is 0.276. The first-order valence-electron chi connectivity index (χ1n) is 14.1. The molecule has 0 aliphatic carbocycles. The van der Waals surface area contributed by atoms with Gasteiger partial charge in [0.25, 0.3) is 0 Å². The van der Waals surface area contributed by atoms with Crippen LogP contribution in [-0.4, -0.2) is 68.5 Å². The molecule has 11 heteroatoms. The summed E-state index contributed by atoms with van der Waals surface area (Å²) in [6, 6.07) is 5.82. The van der Waals surface area contributed by atoms with E-state index in [1.165, 1.54) is 4.90 Å². The van der Waals surface area contributed by atoms with E-state index in [1.54, 1.807) is 11.3 Å². The minimum absolute atomic E-state index is 0.00579. The number of carbonyl (C=O) groups excluding carboxylic acids is 3. The lowest BCUT2D eigenvalue weighted by Gasteiger charge is -2.35. The lowest BCUT2D eigenvalue weighted by atomic mass is 9.85. The van der Waals surface area contributed by atoms with Crippen molar-refractivity contribution < 1.29 is 29.4 Å². The topological polar surface area (TPSA) is 149 Å². The summed E-state index contributed by atoms with van der Waals surface area (Å²) in [5.74, 6) is -1.94. The number of β-amino-alcohol motifs (C(OH)–C–C–N with tert-alkyl or cyclic N) is 1. The van der Waals surface area contributed by atoms with Gasteiger partial charge in [-0.15, -0.1) is 11.3 Å². The monoisotopic (exact) mass is 586 g/mol. The van der Waals surface area contributed by atoms with Crippen LogP contribution in [0, 0.1) is 12.3 Å². The first kappa shape index (κ1) is 32.2. The second kappa shape index (κ2) is 14.0. The number of aliphatic hydroxyl groups is 1. The Morgan fingerprint density at radius 2 is 1.73 bits per heavy atom. The van der Waals surface area contributed by atoms with Gasteiger partial charge in [0.2, 0.25) is 17.7 Å². The van der Waals surface area contributed by atoms with Crippen LogP contribution in [0.15, 0.2) is 29.8 Å². The number of rotatable bonds is 12. The molecular formula is C30H42N4O6S. The highest BCUT2D eigenvalue weighted by atomic mass is 32.1. The van der Waals surface area contributed by atoms with E-state index in [9.17, 15) is 24.3 Å². The number of aliphatic hydroxyl groups excluding tert-OH is 1. The van der Waals surface area contributed by atoms with Gasteiger partial charge in [0.1, 0.15) is 12.1 Å². The number of amides is 3. The van der Waals surface area contributed by atoms with Gasteiger partial charge in [-0.2, -0.15) is 0 Å². The minimum Gasteiger partial charge on any atom is -0.481 e. The Morgan fingerprint density at radius 1 is 1.07 bits per heavy atom. The summed E-state index contributed by atoms with van der Waals surface area (Å²) in [6.07, 6.45) is 1.09. The zero-order valence-corrected chi connectivity index (χ0v) is 25.3. The Kier molecular flexibility index (Phi) is 11.0. The molecule has 2 unspecified atom stereocenters. The molecule has 224 valence electrons. The van der Waals surface area contributed by atoms with Gasteiger partial charge in [0, 0.05) is 25.8 Å². The SMILES string of the molecule is Cc1ncsc1-c1ccc([C@H](C)NC(=O)C2C[C@@H](O)CN2C(=O)C(NC(=O)CCCCCC(=O)O)C(C)(C)C)cc1. The van der Waals surface area contributed by atoms with Crippen LogP contribution in [0.5, 0.6) is 0 Å². The number of aromatic nitrogens is 1. The molecular weight excluding hydrogens is 544 g/mol. The van der Waals surface area contributed by atoms with Crippen molar-refractivity contribution in [2.45, 2.75) is 97.4 Å². The van der Waals surface area contributed by atoms with E-state index < -0.39 is 35.5 Å².